The number of hydrogen-bond donors (Lipinski definition) is 0. The standard InChI is InChI=1S/C25H26N6O4S2/c1-29-14-16-30(17-15-29)25-28-22-9-6-20(18-23(22)36-25)35-24(32)19-4-7-21(8-5-19)37(33,34)31(12-2-10-26)13-3-11-27/h4-9,18H,2-3,12-17H2,1H3. The average Bonchev–Trinajstić information content (AvgIpc) is 3.32. The SMILES string of the molecule is CN1CCN(c2nc3ccc(OC(=O)c4ccc(S(=O)(=O)N(CCC#N)CCC#N)cc4)cc3s2)CC1. The van der Waals surface area contributed by atoms with Crippen molar-refractivity contribution in [1.82, 2.24) is 14.2 Å². The van der Waals surface area contributed by atoms with Crippen molar-refractivity contribution >= 4 is 42.7 Å². The van der Waals surface area contributed by atoms with Crippen LogP contribution in [-0.2, 0) is 10.0 Å². The van der Waals surface area contributed by atoms with Crippen LogP contribution in [0.5, 0.6) is 5.75 Å². The lowest BCUT2D eigenvalue weighted by atomic mass is 10.2. The molecule has 1 fully saturated rings. The summed E-state index contributed by atoms with van der Waals surface area (Å²) in [6, 6.07) is 14.6. The minimum absolute atomic E-state index is 0.00996. The number of anilines is 1. The molecule has 2 aromatic carbocycles. The molecule has 12 heteroatoms. The predicted molar refractivity (Wildman–Crippen MR) is 140 cm³/mol. The predicted octanol–water partition coefficient (Wildman–Crippen LogP) is 3.09. The van der Waals surface area contributed by atoms with Crippen LogP contribution in [-0.4, -0.2) is 74.9 Å². The van der Waals surface area contributed by atoms with Crippen molar-refractivity contribution in [3.8, 4) is 17.9 Å². The van der Waals surface area contributed by atoms with E-state index in [1.165, 1.54) is 24.3 Å². The number of ether oxygens (including phenoxy) is 1. The third-order valence-corrected chi connectivity index (χ3v) is 9.00. The molecule has 0 aliphatic carbocycles. The summed E-state index contributed by atoms with van der Waals surface area (Å²) < 4.78 is 33.5. The second kappa shape index (κ2) is 11.7. The highest BCUT2D eigenvalue weighted by Gasteiger charge is 2.24. The lowest BCUT2D eigenvalue weighted by molar-refractivity contribution is 0.0735. The highest BCUT2D eigenvalue weighted by molar-refractivity contribution is 7.89. The molecule has 192 valence electrons. The molecule has 37 heavy (non-hydrogen) atoms. The fourth-order valence-electron chi connectivity index (χ4n) is 3.87. The van der Waals surface area contributed by atoms with E-state index in [2.05, 4.69) is 16.8 Å². The smallest absolute Gasteiger partial charge is 0.343 e. The van der Waals surface area contributed by atoms with Gasteiger partial charge in [0.1, 0.15) is 5.75 Å². The topological polar surface area (TPSA) is 131 Å². The maximum atomic E-state index is 13.0. The van der Waals surface area contributed by atoms with E-state index >= 15 is 0 Å². The summed E-state index contributed by atoms with van der Waals surface area (Å²) in [4.78, 5) is 22.0. The zero-order chi connectivity index (χ0) is 26.4. The number of aromatic nitrogens is 1. The highest BCUT2D eigenvalue weighted by atomic mass is 32.2. The van der Waals surface area contributed by atoms with Crippen LogP contribution in [0.1, 0.15) is 23.2 Å². The number of piperazine rings is 1. The second-order valence-corrected chi connectivity index (χ2v) is 11.5. The van der Waals surface area contributed by atoms with E-state index in [0.717, 1.165) is 45.8 Å². The molecule has 0 bridgehead atoms. The average molecular weight is 539 g/mol. The summed E-state index contributed by atoms with van der Waals surface area (Å²) in [6.07, 6.45) is 0.0199. The van der Waals surface area contributed by atoms with Crippen molar-refractivity contribution in [2.75, 3.05) is 51.2 Å². The Balaban J connectivity index is 1.45. The summed E-state index contributed by atoms with van der Waals surface area (Å²) in [5.74, 6) is -0.236. The van der Waals surface area contributed by atoms with Crippen molar-refractivity contribution in [3.63, 3.8) is 0 Å². The Morgan fingerprint density at radius 1 is 1.05 bits per heavy atom. The fraction of sp³-hybridized carbons (Fsp3) is 0.360. The minimum atomic E-state index is -3.91. The van der Waals surface area contributed by atoms with E-state index < -0.39 is 16.0 Å². The molecule has 2 heterocycles. The maximum Gasteiger partial charge on any atom is 0.343 e. The lowest BCUT2D eigenvalue weighted by Crippen LogP contribution is -2.44. The van der Waals surface area contributed by atoms with Gasteiger partial charge < -0.3 is 14.5 Å². The molecule has 4 rings (SSSR count). The number of sulfonamides is 1. The van der Waals surface area contributed by atoms with Gasteiger partial charge in [0.25, 0.3) is 0 Å². The number of carbonyl (C=O) groups is 1. The van der Waals surface area contributed by atoms with Crippen LogP contribution in [0.2, 0.25) is 0 Å². The van der Waals surface area contributed by atoms with Crippen molar-refractivity contribution in [3.05, 3.63) is 48.0 Å². The van der Waals surface area contributed by atoms with Gasteiger partial charge in [-0.2, -0.15) is 14.8 Å². The molecule has 0 radical (unpaired) electrons. The van der Waals surface area contributed by atoms with E-state index in [-0.39, 0.29) is 36.4 Å². The number of nitriles is 2. The Bertz CT molecular complexity index is 1430. The van der Waals surface area contributed by atoms with Gasteiger partial charge in [0, 0.05) is 58.2 Å². The number of thiazole rings is 1. The molecule has 0 atom stereocenters. The van der Waals surface area contributed by atoms with E-state index in [4.69, 9.17) is 20.2 Å². The first-order valence-electron chi connectivity index (χ1n) is 11.7. The number of benzene rings is 2. The number of carbonyl (C=O) groups excluding carboxylic acids is 1. The molecule has 0 N–H and O–H groups in total. The Morgan fingerprint density at radius 3 is 2.32 bits per heavy atom. The van der Waals surface area contributed by atoms with Gasteiger partial charge in [-0.05, 0) is 43.4 Å². The number of rotatable bonds is 9. The second-order valence-electron chi connectivity index (χ2n) is 8.55. The molecule has 0 unspecified atom stereocenters. The number of nitrogens with zero attached hydrogens (tertiary/aromatic N) is 6. The largest absolute Gasteiger partial charge is 0.423 e. The van der Waals surface area contributed by atoms with Gasteiger partial charge in [-0.3, -0.25) is 0 Å². The van der Waals surface area contributed by atoms with E-state index in [9.17, 15) is 13.2 Å². The van der Waals surface area contributed by atoms with Crippen molar-refractivity contribution in [2.24, 2.45) is 0 Å². The first-order chi connectivity index (χ1) is 17.8. The highest BCUT2D eigenvalue weighted by Crippen LogP contribution is 2.32. The molecule has 1 aliphatic rings. The third kappa shape index (κ3) is 6.24. The van der Waals surface area contributed by atoms with Crippen LogP contribution in [0.4, 0.5) is 5.13 Å². The van der Waals surface area contributed by atoms with Crippen LogP contribution in [0, 0.1) is 22.7 Å². The first kappa shape index (κ1) is 26.5. The van der Waals surface area contributed by atoms with Crippen LogP contribution in [0.3, 0.4) is 0 Å². The quantitative estimate of drug-likeness (QED) is 0.298. The van der Waals surface area contributed by atoms with Crippen LogP contribution < -0.4 is 9.64 Å². The van der Waals surface area contributed by atoms with Crippen molar-refractivity contribution in [1.29, 1.82) is 10.5 Å². The van der Waals surface area contributed by atoms with Crippen LogP contribution in [0.25, 0.3) is 10.2 Å². The minimum Gasteiger partial charge on any atom is -0.423 e. The van der Waals surface area contributed by atoms with Gasteiger partial charge in [0.15, 0.2) is 5.13 Å². The molecular weight excluding hydrogens is 512 g/mol. The summed E-state index contributed by atoms with van der Waals surface area (Å²) in [6.45, 7) is 3.77. The molecule has 3 aromatic rings. The maximum absolute atomic E-state index is 13.0. The van der Waals surface area contributed by atoms with Gasteiger partial charge in [0.2, 0.25) is 10.0 Å². The van der Waals surface area contributed by atoms with Gasteiger partial charge in [-0.1, -0.05) is 11.3 Å². The summed E-state index contributed by atoms with van der Waals surface area (Å²) >= 11 is 1.55. The monoisotopic (exact) mass is 538 g/mol. The number of esters is 1. The van der Waals surface area contributed by atoms with E-state index in [0.29, 0.717) is 5.75 Å². The van der Waals surface area contributed by atoms with E-state index in [1.54, 1.807) is 23.5 Å². The lowest BCUT2D eigenvalue weighted by Gasteiger charge is -2.31. The van der Waals surface area contributed by atoms with Crippen LogP contribution >= 0.6 is 11.3 Å². The number of likely N-dealkylation sites (N-methyl/N-ethyl adjacent to an activating group) is 1. The molecule has 0 spiro atoms. The zero-order valence-electron chi connectivity index (χ0n) is 20.3. The van der Waals surface area contributed by atoms with E-state index in [1.807, 2.05) is 18.2 Å². The van der Waals surface area contributed by atoms with Crippen molar-refractivity contribution < 1.29 is 17.9 Å². The molecule has 0 amide bonds. The molecule has 0 saturated carbocycles. The Hall–Kier alpha value is -3.55. The molecule has 1 saturated heterocycles. The van der Waals surface area contributed by atoms with Gasteiger partial charge in [-0.15, -0.1) is 0 Å². The Morgan fingerprint density at radius 2 is 1.70 bits per heavy atom. The Labute approximate surface area is 220 Å². The summed E-state index contributed by atoms with van der Waals surface area (Å²) in [7, 11) is -1.81. The summed E-state index contributed by atoms with van der Waals surface area (Å²) in [5.41, 5.74) is 1.03. The van der Waals surface area contributed by atoms with Crippen molar-refractivity contribution in [2.45, 2.75) is 17.7 Å². The summed E-state index contributed by atoms with van der Waals surface area (Å²) in [5, 5.41) is 18.6. The normalized spacial score (nSPS) is 14.4. The first-order valence-corrected chi connectivity index (χ1v) is 14.0. The number of fused-ring (bicyclic) bond motifs is 1. The number of hydrogen-bond acceptors (Lipinski definition) is 10. The molecule has 1 aromatic heterocycles. The van der Waals surface area contributed by atoms with Gasteiger partial charge in [0.05, 0.1) is 32.8 Å². The zero-order valence-corrected chi connectivity index (χ0v) is 22.0. The fourth-order valence-corrected chi connectivity index (χ4v) is 6.36. The molecule has 10 nitrogen and oxygen atoms in total. The van der Waals surface area contributed by atoms with Gasteiger partial charge in [-0.25, -0.2) is 18.2 Å². The van der Waals surface area contributed by atoms with Crippen LogP contribution in [0.15, 0.2) is 47.4 Å². The molecular formula is C25H26N6O4S2. The third-order valence-electron chi connectivity index (χ3n) is 6.01. The molecule has 1 aliphatic heterocycles. The van der Waals surface area contributed by atoms with Gasteiger partial charge >= 0.3 is 5.97 Å². The Kier molecular flexibility index (Phi) is 8.36.